The molecule has 0 amide bonds. The number of piperazine rings is 1. The van der Waals surface area contributed by atoms with Crippen LogP contribution >= 0.6 is 0 Å². The van der Waals surface area contributed by atoms with E-state index in [-0.39, 0.29) is 16.1 Å². The Kier molecular flexibility index (Phi) is 3.63. The first-order valence-electron chi connectivity index (χ1n) is 6.18. The van der Waals surface area contributed by atoms with Crippen LogP contribution in [0.25, 0.3) is 0 Å². The Morgan fingerprint density at radius 3 is 2.83 bits per heavy atom. The third-order valence-corrected chi connectivity index (χ3v) is 3.23. The molecule has 1 N–H and O–H groups in total. The van der Waals surface area contributed by atoms with Gasteiger partial charge < -0.3 is 5.32 Å². The van der Waals surface area contributed by atoms with Crippen molar-refractivity contribution in [3.8, 4) is 0 Å². The predicted molar refractivity (Wildman–Crippen MR) is 70.5 cm³/mol. The number of nitro benzene ring substituents is 1. The van der Waals surface area contributed by atoms with E-state index in [1.165, 1.54) is 0 Å². The third kappa shape index (κ3) is 3.05. The maximum atomic E-state index is 11.0. The smallest absolute Gasteiger partial charge is 0.273 e. The van der Waals surface area contributed by atoms with Gasteiger partial charge in [0.2, 0.25) is 0 Å². The van der Waals surface area contributed by atoms with Crippen LogP contribution in [-0.4, -0.2) is 35.0 Å². The Morgan fingerprint density at radius 1 is 1.44 bits per heavy atom. The number of hydrogen-bond acceptors (Lipinski definition) is 4. The SMILES string of the molecule is CC1(C)CN(Cc2ccccc2[N+](=O)[O-])CCN1. The molecule has 5 heteroatoms. The summed E-state index contributed by atoms with van der Waals surface area (Å²) in [7, 11) is 0. The number of para-hydroxylation sites is 1. The molecule has 1 heterocycles. The van der Waals surface area contributed by atoms with Crippen molar-refractivity contribution in [1.29, 1.82) is 0 Å². The van der Waals surface area contributed by atoms with Crippen molar-refractivity contribution in [3.63, 3.8) is 0 Å². The zero-order valence-electron chi connectivity index (χ0n) is 10.8. The highest BCUT2D eigenvalue weighted by atomic mass is 16.6. The van der Waals surface area contributed by atoms with Crippen molar-refractivity contribution >= 4 is 5.69 Å². The first kappa shape index (κ1) is 13.0. The van der Waals surface area contributed by atoms with Crippen LogP contribution in [0.15, 0.2) is 24.3 Å². The molecule has 1 aliphatic heterocycles. The van der Waals surface area contributed by atoms with E-state index in [9.17, 15) is 10.1 Å². The van der Waals surface area contributed by atoms with Crippen LogP contribution < -0.4 is 5.32 Å². The Morgan fingerprint density at radius 2 is 2.17 bits per heavy atom. The normalized spacial score (nSPS) is 19.7. The molecule has 1 fully saturated rings. The Bertz CT molecular complexity index is 446. The number of nitro groups is 1. The molecule has 0 spiro atoms. The lowest BCUT2D eigenvalue weighted by molar-refractivity contribution is -0.385. The standard InChI is InChI=1S/C13H19N3O2/c1-13(2)10-15(8-7-14-13)9-11-5-3-4-6-12(11)16(17)18/h3-6,14H,7-10H2,1-2H3. The zero-order valence-corrected chi connectivity index (χ0v) is 10.8. The number of nitrogens with zero attached hydrogens (tertiary/aromatic N) is 2. The quantitative estimate of drug-likeness (QED) is 0.655. The highest BCUT2D eigenvalue weighted by Gasteiger charge is 2.26. The van der Waals surface area contributed by atoms with Crippen LogP contribution in [0.5, 0.6) is 0 Å². The molecule has 2 rings (SSSR count). The Balaban J connectivity index is 2.12. The Hall–Kier alpha value is -1.46. The number of benzene rings is 1. The highest BCUT2D eigenvalue weighted by Crippen LogP contribution is 2.21. The van der Waals surface area contributed by atoms with Crippen molar-refractivity contribution in [2.45, 2.75) is 25.9 Å². The molecule has 1 aliphatic rings. The topological polar surface area (TPSA) is 58.4 Å². The van der Waals surface area contributed by atoms with Gasteiger partial charge in [-0.1, -0.05) is 18.2 Å². The summed E-state index contributed by atoms with van der Waals surface area (Å²) in [6.45, 7) is 7.70. The van der Waals surface area contributed by atoms with Crippen LogP contribution in [0.1, 0.15) is 19.4 Å². The maximum Gasteiger partial charge on any atom is 0.273 e. The van der Waals surface area contributed by atoms with Gasteiger partial charge in [0.05, 0.1) is 4.92 Å². The van der Waals surface area contributed by atoms with Crippen LogP contribution in [0.3, 0.4) is 0 Å². The first-order valence-corrected chi connectivity index (χ1v) is 6.18. The van der Waals surface area contributed by atoms with E-state index in [4.69, 9.17) is 0 Å². The van der Waals surface area contributed by atoms with Crippen molar-refractivity contribution in [2.75, 3.05) is 19.6 Å². The van der Waals surface area contributed by atoms with Gasteiger partial charge in [0, 0.05) is 43.3 Å². The second-order valence-electron chi connectivity index (χ2n) is 5.41. The van der Waals surface area contributed by atoms with Gasteiger partial charge >= 0.3 is 0 Å². The lowest BCUT2D eigenvalue weighted by atomic mass is 10.0. The minimum absolute atomic E-state index is 0.0712. The Labute approximate surface area is 107 Å². The second-order valence-corrected chi connectivity index (χ2v) is 5.41. The summed E-state index contributed by atoms with van der Waals surface area (Å²) in [5, 5.41) is 14.4. The van der Waals surface area contributed by atoms with Gasteiger partial charge in [-0.25, -0.2) is 0 Å². The highest BCUT2D eigenvalue weighted by molar-refractivity contribution is 5.39. The summed E-state index contributed by atoms with van der Waals surface area (Å²) < 4.78 is 0. The summed E-state index contributed by atoms with van der Waals surface area (Å²) in [4.78, 5) is 12.9. The van der Waals surface area contributed by atoms with E-state index in [1.807, 2.05) is 12.1 Å². The van der Waals surface area contributed by atoms with Crippen molar-refractivity contribution in [3.05, 3.63) is 39.9 Å². The molecular formula is C13H19N3O2. The van der Waals surface area contributed by atoms with Gasteiger partial charge in [-0.05, 0) is 13.8 Å². The van der Waals surface area contributed by atoms with Gasteiger partial charge in [-0.3, -0.25) is 15.0 Å². The average Bonchev–Trinajstić information content (AvgIpc) is 2.28. The van der Waals surface area contributed by atoms with Gasteiger partial charge in [-0.15, -0.1) is 0 Å². The molecule has 0 radical (unpaired) electrons. The van der Waals surface area contributed by atoms with Gasteiger partial charge in [-0.2, -0.15) is 0 Å². The van der Waals surface area contributed by atoms with Gasteiger partial charge in [0.15, 0.2) is 0 Å². The molecule has 0 unspecified atom stereocenters. The first-order chi connectivity index (χ1) is 8.48. The van der Waals surface area contributed by atoms with E-state index < -0.39 is 0 Å². The van der Waals surface area contributed by atoms with E-state index >= 15 is 0 Å². The predicted octanol–water partition coefficient (Wildman–Crippen LogP) is 1.78. The summed E-state index contributed by atoms with van der Waals surface area (Å²) in [6, 6.07) is 6.98. The molecular weight excluding hydrogens is 230 g/mol. The van der Waals surface area contributed by atoms with Crippen LogP contribution in [0.2, 0.25) is 0 Å². The van der Waals surface area contributed by atoms with Gasteiger partial charge in [0.1, 0.15) is 0 Å². The van der Waals surface area contributed by atoms with E-state index in [2.05, 4.69) is 24.1 Å². The molecule has 0 aliphatic carbocycles. The second kappa shape index (κ2) is 5.04. The number of nitrogens with one attached hydrogen (secondary N) is 1. The molecule has 0 atom stereocenters. The van der Waals surface area contributed by atoms with Crippen LogP contribution in [0, 0.1) is 10.1 Å². The van der Waals surface area contributed by atoms with Crippen molar-refractivity contribution in [1.82, 2.24) is 10.2 Å². The third-order valence-electron chi connectivity index (χ3n) is 3.23. The molecule has 0 bridgehead atoms. The summed E-state index contributed by atoms with van der Waals surface area (Å²) >= 11 is 0. The zero-order chi connectivity index (χ0) is 13.2. The molecule has 1 aromatic carbocycles. The van der Waals surface area contributed by atoms with Crippen molar-refractivity contribution < 1.29 is 4.92 Å². The lowest BCUT2D eigenvalue weighted by Crippen LogP contribution is -2.56. The monoisotopic (exact) mass is 249 g/mol. The lowest BCUT2D eigenvalue weighted by Gasteiger charge is -2.39. The van der Waals surface area contributed by atoms with Crippen LogP contribution in [0.4, 0.5) is 5.69 Å². The van der Waals surface area contributed by atoms with Gasteiger partial charge in [0.25, 0.3) is 5.69 Å². The largest absolute Gasteiger partial charge is 0.309 e. The van der Waals surface area contributed by atoms with E-state index in [0.29, 0.717) is 6.54 Å². The summed E-state index contributed by atoms with van der Waals surface area (Å²) in [6.07, 6.45) is 0. The maximum absolute atomic E-state index is 11.0. The molecule has 98 valence electrons. The fraction of sp³-hybridized carbons (Fsp3) is 0.538. The van der Waals surface area contributed by atoms with E-state index in [1.54, 1.807) is 12.1 Å². The molecule has 5 nitrogen and oxygen atoms in total. The fourth-order valence-corrected chi connectivity index (χ4v) is 2.44. The fourth-order valence-electron chi connectivity index (χ4n) is 2.44. The molecule has 18 heavy (non-hydrogen) atoms. The molecule has 0 saturated carbocycles. The molecule has 1 saturated heterocycles. The minimum atomic E-state index is -0.303. The van der Waals surface area contributed by atoms with Crippen LogP contribution in [-0.2, 0) is 6.54 Å². The molecule has 0 aromatic heterocycles. The van der Waals surface area contributed by atoms with Crippen molar-refractivity contribution in [2.24, 2.45) is 0 Å². The minimum Gasteiger partial charge on any atom is -0.309 e. The number of rotatable bonds is 3. The summed E-state index contributed by atoms with van der Waals surface area (Å²) in [5.41, 5.74) is 1.08. The summed E-state index contributed by atoms with van der Waals surface area (Å²) in [5.74, 6) is 0. The number of hydrogen-bond donors (Lipinski definition) is 1. The molecule has 1 aromatic rings. The average molecular weight is 249 g/mol. The van der Waals surface area contributed by atoms with E-state index in [0.717, 1.165) is 25.2 Å².